The summed E-state index contributed by atoms with van der Waals surface area (Å²) < 4.78 is 5.36. The van der Waals surface area contributed by atoms with E-state index in [1.165, 1.54) is 0 Å². The summed E-state index contributed by atoms with van der Waals surface area (Å²) in [6.45, 7) is 6.17. The summed E-state index contributed by atoms with van der Waals surface area (Å²) in [5, 5.41) is 0. The van der Waals surface area contributed by atoms with Crippen molar-refractivity contribution in [1.82, 2.24) is 0 Å². The van der Waals surface area contributed by atoms with Crippen molar-refractivity contribution in [1.29, 1.82) is 0 Å². The van der Waals surface area contributed by atoms with Crippen molar-refractivity contribution in [3.05, 3.63) is 0 Å². The number of ether oxygens (including phenoxy) is 1. The quantitative estimate of drug-likeness (QED) is 0.557. The van der Waals surface area contributed by atoms with Gasteiger partial charge in [-0.05, 0) is 5.92 Å². The molecule has 0 unspecified atom stereocenters. The molecule has 0 radical (unpaired) electrons. The van der Waals surface area contributed by atoms with E-state index in [2.05, 4.69) is 29.8 Å². The van der Waals surface area contributed by atoms with Crippen LogP contribution in [0.2, 0.25) is 0 Å². The van der Waals surface area contributed by atoms with Gasteiger partial charge >= 0.3 is 0 Å². The van der Waals surface area contributed by atoms with Crippen molar-refractivity contribution in [2.24, 2.45) is 5.92 Å². The number of hydrogen-bond donors (Lipinski definition) is 0. The van der Waals surface area contributed by atoms with Crippen LogP contribution in [-0.2, 0) is 4.74 Å². The van der Waals surface area contributed by atoms with Crippen LogP contribution in [0.25, 0.3) is 0 Å². The predicted molar refractivity (Wildman–Crippen MR) is 37.3 cm³/mol. The molecule has 1 rings (SSSR count). The first kappa shape index (κ1) is 6.56. The first-order chi connectivity index (χ1) is 3.65. The minimum atomic E-state index is 0.312. The Morgan fingerprint density at radius 3 is 2.00 bits per heavy atom. The number of hydrogen-bond acceptors (Lipinski definition) is 1. The third-order valence-corrected chi connectivity index (χ3v) is 3.09. The largest absolute Gasteiger partial charge is 0.378 e. The Hall–Kier alpha value is 0.440. The Bertz CT molecular complexity index is 86.5. The van der Waals surface area contributed by atoms with Crippen molar-refractivity contribution in [2.75, 3.05) is 13.2 Å². The van der Waals surface area contributed by atoms with Gasteiger partial charge in [0.05, 0.1) is 17.5 Å². The van der Waals surface area contributed by atoms with Gasteiger partial charge in [0, 0.05) is 0 Å². The summed E-state index contributed by atoms with van der Waals surface area (Å²) >= 11 is 3.61. The van der Waals surface area contributed by atoms with E-state index in [-0.39, 0.29) is 0 Å². The minimum Gasteiger partial charge on any atom is -0.378 e. The van der Waals surface area contributed by atoms with E-state index in [4.69, 9.17) is 4.74 Å². The van der Waals surface area contributed by atoms with Gasteiger partial charge in [0.2, 0.25) is 0 Å². The van der Waals surface area contributed by atoms with Gasteiger partial charge in [-0.2, -0.15) is 0 Å². The summed E-state index contributed by atoms with van der Waals surface area (Å²) in [5.74, 6) is 0.691. The molecule has 48 valence electrons. The molecule has 0 bridgehead atoms. The van der Waals surface area contributed by atoms with E-state index < -0.39 is 0 Å². The standard InChI is InChI=1S/C6H11BrO/c1-5(2)6(7)3-8-4-6/h5H,3-4H2,1-2H3. The first-order valence-corrected chi connectivity index (χ1v) is 3.71. The number of alkyl halides is 1. The average Bonchev–Trinajstić information content (AvgIpc) is 1.60. The molecule has 1 nitrogen and oxygen atoms in total. The van der Waals surface area contributed by atoms with Crippen LogP contribution in [0.5, 0.6) is 0 Å². The highest BCUT2D eigenvalue weighted by Crippen LogP contribution is 2.34. The molecule has 0 aromatic rings. The SMILES string of the molecule is CC(C)C1(Br)COC1. The second-order valence-corrected chi connectivity index (χ2v) is 4.26. The maximum Gasteiger partial charge on any atom is 0.0746 e. The van der Waals surface area contributed by atoms with E-state index >= 15 is 0 Å². The van der Waals surface area contributed by atoms with Gasteiger partial charge in [-0.1, -0.05) is 29.8 Å². The second kappa shape index (κ2) is 1.99. The molecule has 0 saturated carbocycles. The highest BCUT2D eigenvalue weighted by Gasteiger charge is 2.38. The Morgan fingerprint density at radius 1 is 1.50 bits per heavy atom. The van der Waals surface area contributed by atoms with Crippen LogP contribution >= 0.6 is 15.9 Å². The molecule has 1 aliphatic rings. The fourth-order valence-corrected chi connectivity index (χ4v) is 0.954. The van der Waals surface area contributed by atoms with Crippen LogP contribution in [0.4, 0.5) is 0 Å². The summed E-state index contributed by atoms with van der Waals surface area (Å²) in [7, 11) is 0. The lowest BCUT2D eigenvalue weighted by Crippen LogP contribution is -2.48. The molecule has 1 heterocycles. The van der Waals surface area contributed by atoms with Crippen LogP contribution in [0, 0.1) is 5.92 Å². The lowest BCUT2D eigenvalue weighted by Gasteiger charge is -2.39. The lowest BCUT2D eigenvalue weighted by molar-refractivity contribution is -0.0246. The van der Waals surface area contributed by atoms with Gasteiger partial charge in [0.15, 0.2) is 0 Å². The number of rotatable bonds is 1. The van der Waals surface area contributed by atoms with Crippen LogP contribution in [0.1, 0.15) is 13.8 Å². The molecular formula is C6H11BrO. The van der Waals surface area contributed by atoms with E-state index in [1.54, 1.807) is 0 Å². The fourth-order valence-electron chi connectivity index (χ4n) is 0.630. The van der Waals surface area contributed by atoms with E-state index in [9.17, 15) is 0 Å². The zero-order valence-corrected chi connectivity index (χ0v) is 6.86. The van der Waals surface area contributed by atoms with Crippen molar-refractivity contribution >= 4 is 15.9 Å². The summed E-state index contributed by atoms with van der Waals surface area (Å²) in [4.78, 5) is 0. The normalized spacial score (nSPS) is 25.5. The third-order valence-electron chi connectivity index (χ3n) is 1.72. The van der Waals surface area contributed by atoms with Crippen LogP contribution in [0.3, 0.4) is 0 Å². The molecule has 1 fully saturated rings. The van der Waals surface area contributed by atoms with Gasteiger partial charge in [-0.15, -0.1) is 0 Å². The molecule has 0 N–H and O–H groups in total. The topological polar surface area (TPSA) is 9.23 Å². The maximum absolute atomic E-state index is 5.05. The zero-order chi connectivity index (χ0) is 6.20. The van der Waals surface area contributed by atoms with Crippen LogP contribution < -0.4 is 0 Å². The van der Waals surface area contributed by atoms with Gasteiger partial charge in [0.1, 0.15) is 0 Å². The maximum atomic E-state index is 5.05. The summed E-state index contributed by atoms with van der Waals surface area (Å²) in [6, 6.07) is 0. The number of halogens is 1. The molecule has 0 aromatic heterocycles. The van der Waals surface area contributed by atoms with E-state index in [0.717, 1.165) is 13.2 Å². The van der Waals surface area contributed by atoms with Gasteiger partial charge < -0.3 is 4.74 Å². The third kappa shape index (κ3) is 0.914. The molecule has 1 aliphatic heterocycles. The smallest absolute Gasteiger partial charge is 0.0746 e. The lowest BCUT2D eigenvalue weighted by atomic mass is 9.94. The van der Waals surface area contributed by atoms with Crippen LogP contribution in [0.15, 0.2) is 0 Å². The van der Waals surface area contributed by atoms with Crippen molar-refractivity contribution in [3.63, 3.8) is 0 Å². The Kier molecular flexibility index (Phi) is 1.63. The predicted octanol–water partition coefficient (Wildman–Crippen LogP) is 1.81. The highest BCUT2D eigenvalue weighted by molar-refractivity contribution is 9.10. The monoisotopic (exact) mass is 178 g/mol. The van der Waals surface area contributed by atoms with Crippen molar-refractivity contribution in [2.45, 2.75) is 18.2 Å². The van der Waals surface area contributed by atoms with Crippen molar-refractivity contribution in [3.8, 4) is 0 Å². The van der Waals surface area contributed by atoms with Gasteiger partial charge in [0.25, 0.3) is 0 Å². The Morgan fingerprint density at radius 2 is 2.00 bits per heavy atom. The highest BCUT2D eigenvalue weighted by atomic mass is 79.9. The minimum absolute atomic E-state index is 0.312. The molecule has 0 spiro atoms. The molecule has 0 amide bonds. The molecule has 0 aromatic carbocycles. The summed E-state index contributed by atoms with van der Waals surface area (Å²) in [6.07, 6.45) is 0. The van der Waals surface area contributed by atoms with E-state index in [0.29, 0.717) is 10.2 Å². The second-order valence-electron chi connectivity index (χ2n) is 2.68. The first-order valence-electron chi connectivity index (χ1n) is 2.92. The Balaban J connectivity index is 2.41. The zero-order valence-electron chi connectivity index (χ0n) is 5.28. The van der Waals surface area contributed by atoms with Crippen molar-refractivity contribution < 1.29 is 4.74 Å². The molecular weight excluding hydrogens is 168 g/mol. The average molecular weight is 179 g/mol. The van der Waals surface area contributed by atoms with Gasteiger partial charge in [-0.3, -0.25) is 0 Å². The van der Waals surface area contributed by atoms with Gasteiger partial charge in [-0.25, -0.2) is 0 Å². The molecule has 1 saturated heterocycles. The fraction of sp³-hybridized carbons (Fsp3) is 1.00. The van der Waals surface area contributed by atoms with E-state index in [1.807, 2.05) is 0 Å². The Labute approximate surface area is 58.5 Å². The summed E-state index contributed by atoms with van der Waals surface area (Å²) in [5.41, 5.74) is 0. The molecule has 8 heavy (non-hydrogen) atoms. The molecule has 2 heteroatoms. The molecule has 0 atom stereocenters. The molecule has 0 aliphatic carbocycles. The van der Waals surface area contributed by atoms with Crippen LogP contribution in [-0.4, -0.2) is 17.5 Å².